The predicted octanol–water partition coefficient (Wildman–Crippen LogP) is 2.13. The maximum Gasteiger partial charge on any atom is 0.291 e. The molecule has 12 nitrogen and oxygen atoms in total. The Labute approximate surface area is 238 Å². The zero-order valence-corrected chi connectivity index (χ0v) is 22.7. The molecule has 0 atom stereocenters. The molecule has 0 spiro atoms. The average Bonchev–Trinajstić information content (AvgIpc) is 3.30. The number of hydrogen-bond acceptors (Lipinski definition) is 7. The van der Waals surface area contributed by atoms with Crippen molar-refractivity contribution >= 4 is 41.5 Å². The van der Waals surface area contributed by atoms with Crippen LogP contribution >= 0.6 is 11.6 Å². The van der Waals surface area contributed by atoms with E-state index in [1.807, 2.05) is 0 Å². The molecular weight excluding hydrogens is 566 g/mol. The number of benzene rings is 2. The van der Waals surface area contributed by atoms with E-state index in [0.717, 1.165) is 0 Å². The summed E-state index contributed by atoms with van der Waals surface area (Å²) in [5.41, 5.74) is 5.95. The van der Waals surface area contributed by atoms with Gasteiger partial charge in [0, 0.05) is 43.9 Å². The topological polar surface area (TPSA) is 169 Å². The van der Waals surface area contributed by atoms with Crippen LogP contribution in [0.15, 0.2) is 36.5 Å². The van der Waals surface area contributed by atoms with Gasteiger partial charge in [-0.1, -0.05) is 11.6 Å². The van der Waals surface area contributed by atoms with Crippen LogP contribution in [-0.4, -0.2) is 77.0 Å². The maximum absolute atomic E-state index is 14.5. The number of aromatic nitrogens is 2. The molecule has 3 amide bonds. The first-order valence-corrected chi connectivity index (χ1v) is 12.4. The summed E-state index contributed by atoms with van der Waals surface area (Å²) in [6.07, 6.45) is 1.26. The Bertz CT molecular complexity index is 1460. The van der Waals surface area contributed by atoms with E-state index in [9.17, 15) is 23.2 Å². The van der Waals surface area contributed by atoms with E-state index in [0.29, 0.717) is 25.3 Å². The summed E-state index contributed by atoms with van der Waals surface area (Å²) in [7, 11) is 2.72. The van der Waals surface area contributed by atoms with E-state index in [-0.39, 0.29) is 64.2 Å². The molecule has 1 aliphatic rings. The van der Waals surface area contributed by atoms with Crippen molar-refractivity contribution in [3.63, 3.8) is 0 Å². The lowest BCUT2D eigenvalue weighted by Gasteiger charge is -2.39. The zero-order valence-electron chi connectivity index (χ0n) is 22.0. The highest BCUT2D eigenvalue weighted by Gasteiger charge is 2.30. The number of anilines is 1. The van der Waals surface area contributed by atoms with Crippen LogP contribution in [0.1, 0.15) is 21.0 Å². The van der Waals surface area contributed by atoms with Crippen molar-refractivity contribution in [2.75, 3.05) is 38.6 Å². The monoisotopic (exact) mass is 592 g/mol. The summed E-state index contributed by atoms with van der Waals surface area (Å²) < 4.78 is 34.8. The molecule has 0 aliphatic carbocycles. The third kappa shape index (κ3) is 6.96. The van der Waals surface area contributed by atoms with E-state index in [1.165, 1.54) is 55.3 Å². The number of hydrogen-bond donors (Lipinski definition) is 4. The number of imidazole rings is 1. The number of nitrogens with two attached hydrogens (primary N) is 1. The Morgan fingerprint density at radius 1 is 1.20 bits per heavy atom. The van der Waals surface area contributed by atoms with Crippen LogP contribution in [-0.2, 0) is 16.6 Å². The molecule has 1 fully saturated rings. The van der Waals surface area contributed by atoms with Crippen LogP contribution in [0.2, 0.25) is 5.02 Å². The first-order chi connectivity index (χ1) is 19.6. The maximum atomic E-state index is 14.5. The van der Waals surface area contributed by atoms with E-state index in [2.05, 4.69) is 15.6 Å². The predicted molar refractivity (Wildman–Crippen MR) is 145 cm³/mol. The van der Waals surface area contributed by atoms with Gasteiger partial charge >= 0.3 is 0 Å². The summed E-state index contributed by atoms with van der Waals surface area (Å²) in [6.45, 7) is 1.15. The Hall–Kier alpha value is -4.56. The number of carbonyl (C=O) groups is 4. The van der Waals surface area contributed by atoms with Gasteiger partial charge in [-0.05, 0) is 30.3 Å². The minimum atomic E-state index is -1.15. The molecule has 0 bridgehead atoms. The standard InChI is InChI=1S/C25H25ClF2N6O4.CH2O2/c1-33-18(16-5-6-19(38-2)22(28)21(16)27)10-30-23(33)25(37)32-14-3-4-15(17(26)7-14)24(36)31-9-13-11-34(12-13)20(35)8-29;2-1-3/h3-7,10,13H,8-9,11-12,29H2,1-2H3,(H,31,36)(H,32,37);1H,(H,2,3). The highest BCUT2D eigenvalue weighted by molar-refractivity contribution is 6.34. The van der Waals surface area contributed by atoms with E-state index < -0.39 is 17.5 Å². The zero-order chi connectivity index (χ0) is 30.3. The molecule has 0 radical (unpaired) electrons. The number of carbonyl (C=O) groups excluding carboxylic acids is 3. The molecule has 1 saturated heterocycles. The average molecular weight is 593 g/mol. The fourth-order valence-corrected chi connectivity index (χ4v) is 4.35. The van der Waals surface area contributed by atoms with Gasteiger partial charge in [-0.25, -0.2) is 9.37 Å². The summed E-state index contributed by atoms with van der Waals surface area (Å²) in [6, 6.07) is 7.01. The first kappa shape index (κ1) is 31.0. The van der Waals surface area contributed by atoms with Gasteiger partial charge in [0.05, 0.1) is 36.1 Å². The van der Waals surface area contributed by atoms with Crippen LogP contribution in [0.5, 0.6) is 5.75 Å². The van der Waals surface area contributed by atoms with E-state index in [4.69, 9.17) is 32.0 Å². The van der Waals surface area contributed by atoms with Gasteiger partial charge < -0.3 is 35.7 Å². The second-order valence-corrected chi connectivity index (χ2v) is 9.21. The molecule has 0 unspecified atom stereocenters. The molecule has 5 N–H and O–H groups in total. The molecule has 15 heteroatoms. The molecular formula is C26H27ClF2N6O6. The third-order valence-electron chi connectivity index (χ3n) is 6.24. The summed E-state index contributed by atoms with van der Waals surface area (Å²) in [4.78, 5) is 50.9. The Morgan fingerprint density at radius 2 is 1.88 bits per heavy atom. The van der Waals surface area contributed by atoms with Crippen molar-refractivity contribution in [1.82, 2.24) is 19.8 Å². The van der Waals surface area contributed by atoms with E-state index in [1.54, 1.807) is 4.90 Å². The first-order valence-electron chi connectivity index (χ1n) is 12.0. The fourth-order valence-electron chi connectivity index (χ4n) is 4.09. The fraction of sp³-hybridized carbons (Fsp3) is 0.269. The summed E-state index contributed by atoms with van der Waals surface area (Å²) in [5.74, 6) is -3.58. The van der Waals surface area contributed by atoms with Gasteiger partial charge in [0.15, 0.2) is 17.4 Å². The normalized spacial score (nSPS) is 12.5. The van der Waals surface area contributed by atoms with Crippen LogP contribution < -0.4 is 21.1 Å². The van der Waals surface area contributed by atoms with Crippen LogP contribution in [0.4, 0.5) is 14.5 Å². The largest absolute Gasteiger partial charge is 0.494 e. The molecule has 41 heavy (non-hydrogen) atoms. The number of carboxylic acid groups (broad SMARTS) is 1. The van der Waals surface area contributed by atoms with Gasteiger partial charge in [0.2, 0.25) is 11.7 Å². The van der Waals surface area contributed by atoms with Gasteiger partial charge in [-0.2, -0.15) is 4.39 Å². The van der Waals surface area contributed by atoms with Crippen molar-refractivity contribution < 1.29 is 37.8 Å². The second-order valence-electron chi connectivity index (χ2n) is 8.80. The Kier molecular flexibility index (Phi) is 10.3. The van der Waals surface area contributed by atoms with Crippen molar-refractivity contribution in [3.05, 3.63) is 64.6 Å². The van der Waals surface area contributed by atoms with Crippen molar-refractivity contribution in [2.24, 2.45) is 18.7 Å². The van der Waals surface area contributed by atoms with Gasteiger partial charge in [0.1, 0.15) is 0 Å². The molecule has 2 aromatic carbocycles. The molecule has 1 aromatic heterocycles. The Morgan fingerprint density at radius 3 is 2.49 bits per heavy atom. The number of methoxy groups -OCH3 is 1. The quantitative estimate of drug-likeness (QED) is 0.288. The molecule has 218 valence electrons. The number of amides is 3. The smallest absolute Gasteiger partial charge is 0.291 e. The van der Waals surface area contributed by atoms with Crippen molar-refractivity contribution in [2.45, 2.75) is 0 Å². The third-order valence-corrected chi connectivity index (χ3v) is 6.55. The number of rotatable bonds is 8. The molecule has 1 aliphatic heterocycles. The van der Waals surface area contributed by atoms with Gasteiger partial charge in [0.25, 0.3) is 18.3 Å². The molecule has 3 aromatic rings. The van der Waals surface area contributed by atoms with Crippen molar-refractivity contribution in [3.8, 4) is 17.0 Å². The SMILES string of the molecule is COc1ccc(-c2cnc(C(=O)Nc3ccc(C(=O)NCC4CN(C(=O)CN)C4)c(Cl)c3)n2C)c(F)c1F.O=CO. The minimum Gasteiger partial charge on any atom is -0.494 e. The number of halogens is 3. The molecule has 4 rings (SSSR count). The highest BCUT2D eigenvalue weighted by atomic mass is 35.5. The van der Waals surface area contributed by atoms with Crippen LogP contribution in [0.25, 0.3) is 11.3 Å². The van der Waals surface area contributed by atoms with Crippen LogP contribution in [0, 0.1) is 17.6 Å². The molecule has 0 saturated carbocycles. The number of likely N-dealkylation sites (tertiary alicyclic amines) is 1. The summed E-state index contributed by atoms with van der Waals surface area (Å²) >= 11 is 6.29. The highest BCUT2D eigenvalue weighted by Crippen LogP contribution is 2.30. The van der Waals surface area contributed by atoms with Gasteiger partial charge in [-0.3, -0.25) is 19.2 Å². The Balaban J connectivity index is 0.00000147. The number of ether oxygens (including phenoxy) is 1. The lowest BCUT2D eigenvalue weighted by molar-refractivity contribution is -0.135. The summed E-state index contributed by atoms with van der Waals surface area (Å²) in [5, 5.41) is 12.4. The van der Waals surface area contributed by atoms with Crippen LogP contribution in [0.3, 0.4) is 0 Å². The van der Waals surface area contributed by atoms with Crippen molar-refractivity contribution in [1.29, 1.82) is 0 Å². The lowest BCUT2D eigenvalue weighted by atomic mass is 10.00. The van der Waals surface area contributed by atoms with E-state index >= 15 is 0 Å². The number of nitrogens with zero attached hydrogens (tertiary/aromatic N) is 3. The molecule has 2 heterocycles. The lowest BCUT2D eigenvalue weighted by Crippen LogP contribution is -2.55. The second kappa shape index (κ2) is 13.7. The number of nitrogens with one attached hydrogen (secondary N) is 2. The minimum absolute atomic E-state index is 0.0416. The van der Waals surface area contributed by atoms with Gasteiger partial charge in [-0.15, -0.1) is 0 Å².